The van der Waals surface area contributed by atoms with Gasteiger partial charge in [0.15, 0.2) is 11.5 Å². The number of carbonyl (C=O) groups is 2. The van der Waals surface area contributed by atoms with Crippen molar-refractivity contribution in [2.24, 2.45) is 0 Å². The number of nitrogens with one attached hydrogen (secondary N) is 1. The largest absolute Gasteiger partial charge is 0.497 e. The molecule has 0 saturated carbocycles. The molecule has 0 aliphatic heterocycles. The molecule has 6 nitrogen and oxygen atoms in total. The van der Waals surface area contributed by atoms with E-state index in [4.69, 9.17) is 9.15 Å². The first kappa shape index (κ1) is 16.4. The summed E-state index contributed by atoms with van der Waals surface area (Å²) in [5, 5.41) is 2.68. The maximum atomic E-state index is 12.2. The fourth-order valence-corrected chi connectivity index (χ4v) is 2.24. The second-order valence-corrected chi connectivity index (χ2v) is 5.35. The minimum absolute atomic E-state index is 0.0327. The number of nitrogens with zero attached hydrogens (tertiary/aromatic N) is 1. The molecule has 2 aromatic carbocycles. The Balaban J connectivity index is 1.72. The Hall–Kier alpha value is -3.41. The predicted molar refractivity (Wildman–Crippen MR) is 92.9 cm³/mol. The molecular weight excluding hydrogens is 320 g/mol. The van der Waals surface area contributed by atoms with Gasteiger partial charge in [0, 0.05) is 16.8 Å². The van der Waals surface area contributed by atoms with Crippen molar-refractivity contribution >= 4 is 17.4 Å². The van der Waals surface area contributed by atoms with E-state index >= 15 is 0 Å². The highest BCUT2D eigenvalue weighted by Gasteiger charge is 2.14. The third kappa shape index (κ3) is 3.74. The van der Waals surface area contributed by atoms with Gasteiger partial charge in [-0.05, 0) is 55.5 Å². The Morgan fingerprint density at radius 2 is 1.72 bits per heavy atom. The van der Waals surface area contributed by atoms with E-state index in [9.17, 15) is 9.59 Å². The molecule has 25 heavy (non-hydrogen) atoms. The zero-order valence-electron chi connectivity index (χ0n) is 13.8. The van der Waals surface area contributed by atoms with Crippen LogP contribution in [0.5, 0.6) is 5.75 Å². The summed E-state index contributed by atoms with van der Waals surface area (Å²) in [6.45, 7) is 1.49. The summed E-state index contributed by atoms with van der Waals surface area (Å²) in [6.07, 6.45) is 1.50. The number of oxazole rings is 1. The van der Waals surface area contributed by atoms with Crippen molar-refractivity contribution in [2.45, 2.75) is 6.92 Å². The Labute approximate surface area is 144 Å². The molecule has 1 aromatic heterocycles. The van der Waals surface area contributed by atoms with E-state index in [1.807, 2.05) is 12.1 Å². The summed E-state index contributed by atoms with van der Waals surface area (Å²) < 4.78 is 10.6. The average Bonchev–Trinajstić information content (AvgIpc) is 3.12. The van der Waals surface area contributed by atoms with E-state index in [1.54, 1.807) is 43.5 Å². The maximum absolute atomic E-state index is 12.2. The minimum atomic E-state index is -0.463. The molecule has 126 valence electrons. The van der Waals surface area contributed by atoms with Crippen molar-refractivity contribution in [1.29, 1.82) is 0 Å². The molecule has 1 N–H and O–H groups in total. The van der Waals surface area contributed by atoms with E-state index < -0.39 is 5.91 Å². The Bertz CT molecular complexity index is 896. The Morgan fingerprint density at radius 3 is 2.32 bits per heavy atom. The number of aromatic nitrogens is 1. The smallest absolute Gasteiger partial charge is 0.311 e. The van der Waals surface area contributed by atoms with Crippen LogP contribution in [0.3, 0.4) is 0 Å². The quantitative estimate of drug-likeness (QED) is 0.717. The highest BCUT2D eigenvalue weighted by Crippen LogP contribution is 2.23. The van der Waals surface area contributed by atoms with Crippen molar-refractivity contribution < 1.29 is 18.7 Å². The van der Waals surface area contributed by atoms with Gasteiger partial charge in [-0.3, -0.25) is 9.59 Å². The highest BCUT2D eigenvalue weighted by atomic mass is 16.5. The molecule has 1 heterocycles. The molecule has 0 aliphatic carbocycles. The fourth-order valence-electron chi connectivity index (χ4n) is 2.24. The topological polar surface area (TPSA) is 81.4 Å². The second kappa shape index (κ2) is 7.00. The summed E-state index contributed by atoms with van der Waals surface area (Å²) in [6, 6.07) is 13.8. The van der Waals surface area contributed by atoms with Gasteiger partial charge in [-0.25, -0.2) is 4.98 Å². The average molecular weight is 336 g/mol. The number of benzene rings is 2. The zero-order chi connectivity index (χ0) is 17.8. The molecular formula is C19H16N2O4. The number of anilines is 1. The third-order valence-corrected chi connectivity index (χ3v) is 3.62. The number of ketones is 1. The minimum Gasteiger partial charge on any atom is -0.497 e. The van der Waals surface area contributed by atoms with Crippen LogP contribution in [-0.2, 0) is 0 Å². The SMILES string of the molecule is COc1ccc(-c2cnc(C(=O)Nc3ccc(C(C)=O)cc3)o2)cc1. The van der Waals surface area contributed by atoms with Gasteiger partial charge < -0.3 is 14.5 Å². The summed E-state index contributed by atoms with van der Waals surface area (Å²) in [7, 11) is 1.59. The zero-order valence-corrected chi connectivity index (χ0v) is 13.8. The number of Topliss-reactive ketones (excluding diaryl/α,β-unsaturated/α-hetero) is 1. The molecule has 0 spiro atoms. The van der Waals surface area contributed by atoms with Crippen LogP contribution in [0.1, 0.15) is 28.0 Å². The first-order chi connectivity index (χ1) is 12.1. The van der Waals surface area contributed by atoms with Gasteiger partial charge in [-0.2, -0.15) is 0 Å². The molecule has 1 amide bonds. The van der Waals surface area contributed by atoms with Crippen LogP contribution in [-0.4, -0.2) is 23.8 Å². The molecule has 0 fully saturated rings. The van der Waals surface area contributed by atoms with Crippen molar-refractivity contribution in [3.05, 3.63) is 66.2 Å². The lowest BCUT2D eigenvalue weighted by atomic mass is 10.1. The molecule has 0 radical (unpaired) electrons. The third-order valence-electron chi connectivity index (χ3n) is 3.62. The van der Waals surface area contributed by atoms with Crippen LogP contribution in [0.15, 0.2) is 59.1 Å². The summed E-state index contributed by atoms with van der Waals surface area (Å²) in [4.78, 5) is 27.5. The van der Waals surface area contributed by atoms with Crippen LogP contribution in [0.2, 0.25) is 0 Å². The first-order valence-electron chi connectivity index (χ1n) is 7.59. The molecule has 0 bridgehead atoms. The fraction of sp³-hybridized carbons (Fsp3) is 0.105. The van der Waals surface area contributed by atoms with Gasteiger partial charge in [-0.15, -0.1) is 0 Å². The number of rotatable bonds is 5. The van der Waals surface area contributed by atoms with Crippen LogP contribution >= 0.6 is 0 Å². The number of hydrogen-bond acceptors (Lipinski definition) is 5. The number of ether oxygens (including phenoxy) is 1. The number of amides is 1. The Morgan fingerprint density at radius 1 is 1.04 bits per heavy atom. The lowest BCUT2D eigenvalue weighted by molar-refractivity contribution is 0.0989. The van der Waals surface area contributed by atoms with E-state index in [2.05, 4.69) is 10.3 Å². The lowest BCUT2D eigenvalue weighted by Crippen LogP contribution is -2.12. The summed E-state index contributed by atoms with van der Waals surface area (Å²) in [5.74, 6) is 0.682. The van der Waals surface area contributed by atoms with E-state index in [0.29, 0.717) is 17.0 Å². The second-order valence-electron chi connectivity index (χ2n) is 5.35. The van der Waals surface area contributed by atoms with E-state index in [0.717, 1.165) is 11.3 Å². The molecule has 6 heteroatoms. The van der Waals surface area contributed by atoms with Gasteiger partial charge in [0.2, 0.25) is 0 Å². The van der Waals surface area contributed by atoms with Crippen molar-refractivity contribution in [1.82, 2.24) is 4.98 Å². The van der Waals surface area contributed by atoms with Gasteiger partial charge in [-0.1, -0.05) is 0 Å². The van der Waals surface area contributed by atoms with Crippen LogP contribution in [0, 0.1) is 0 Å². The summed E-state index contributed by atoms with van der Waals surface area (Å²) in [5.41, 5.74) is 1.92. The number of hydrogen-bond donors (Lipinski definition) is 1. The van der Waals surface area contributed by atoms with E-state index in [1.165, 1.54) is 13.1 Å². The van der Waals surface area contributed by atoms with Crippen molar-refractivity contribution in [3.8, 4) is 17.1 Å². The standard InChI is InChI=1S/C19H16N2O4/c1-12(22)13-3-7-15(8-4-13)21-18(23)19-20-11-17(25-19)14-5-9-16(24-2)10-6-14/h3-11H,1-2H3,(H,21,23). The van der Waals surface area contributed by atoms with Crippen LogP contribution in [0.4, 0.5) is 5.69 Å². The van der Waals surface area contributed by atoms with Crippen LogP contribution in [0.25, 0.3) is 11.3 Å². The van der Waals surface area contributed by atoms with Crippen molar-refractivity contribution in [2.75, 3.05) is 12.4 Å². The molecule has 3 aromatic rings. The number of carbonyl (C=O) groups excluding carboxylic acids is 2. The molecule has 0 unspecified atom stereocenters. The van der Waals surface area contributed by atoms with E-state index in [-0.39, 0.29) is 11.7 Å². The lowest BCUT2D eigenvalue weighted by Gasteiger charge is -2.03. The molecule has 3 rings (SSSR count). The molecule has 0 saturated heterocycles. The van der Waals surface area contributed by atoms with Gasteiger partial charge in [0.25, 0.3) is 5.89 Å². The van der Waals surface area contributed by atoms with Gasteiger partial charge in [0.05, 0.1) is 13.3 Å². The monoisotopic (exact) mass is 336 g/mol. The summed E-state index contributed by atoms with van der Waals surface area (Å²) >= 11 is 0. The Kier molecular flexibility index (Phi) is 4.61. The van der Waals surface area contributed by atoms with Crippen molar-refractivity contribution in [3.63, 3.8) is 0 Å². The van der Waals surface area contributed by atoms with Crippen LogP contribution < -0.4 is 10.1 Å². The highest BCUT2D eigenvalue weighted by molar-refractivity contribution is 6.01. The van der Waals surface area contributed by atoms with Gasteiger partial charge in [0.1, 0.15) is 5.75 Å². The first-order valence-corrected chi connectivity index (χ1v) is 7.59. The maximum Gasteiger partial charge on any atom is 0.311 e. The normalized spacial score (nSPS) is 10.3. The molecule has 0 atom stereocenters. The molecule has 0 aliphatic rings. The van der Waals surface area contributed by atoms with Gasteiger partial charge >= 0.3 is 5.91 Å². The number of methoxy groups -OCH3 is 1. The predicted octanol–water partition coefficient (Wildman–Crippen LogP) is 3.81.